The Bertz CT molecular complexity index is 1440. The van der Waals surface area contributed by atoms with Crippen LogP contribution in [0.15, 0.2) is 85.2 Å². The van der Waals surface area contributed by atoms with Gasteiger partial charge in [-0.2, -0.15) is 0 Å². The Kier molecular flexibility index (Phi) is 8.63. The van der Waals surface area contributed by atoms with Crippen LogP contribution in [0.4, 0.5) is 5.69 Å². The lowest BCUT2D eigenvalue weighted by Gasteiger charge is -2.19. The molecule has 0 fully saturated rings. The molecule has 7 nitrogen and oxygen atoms in total. The number of carbonyl (C=O) groups excluding carboxylic acids is 1. The second kappa shape index (κ2) is 12.1. The number of carboxylic acids is 1. The lowest BCUT2D eigenvalue weighted by atomic mass is 9.86. The zero-order valence-corrected chi connectivity index (χ0v) is 23.6. The van der Waals surface area contributed by atoms with Gasteiger partial charge in [-0.3, -0.25) is 4.79 Å². The molecule has 3 aromatic carbocycles. The van der Waals surface area contributed by atoms with E-state index in [9.17, 15) is 14.7 Å². The van der Waals surface area contributed by atoms with Crippen molar-refractivity contribution in [3.8, 4) is 22.5 Å². The van der Waals surface area contributed by atoms with Gasteiger partial charge >= 0.3 is 5.97 Å². The molecule has 40 heavy (non-hydrogen) atoms. The van der Waals surface area contributed by atoms with Crippen molar-refractivity contribution < 1.29 is 14.7 Å². The summed E-state index contributed by atoms with van der Waals surface area (Å²) in [6.07, 6.45) is 3.75. The fourth-order valence-electron chi connectivity index (χ4n) is 4.31. The highest BCUT2D eigenvalue weighted by atomic mass is 16.4. The molecule has 0 bridgehead atoms. The van der Waals surface area contributed by atoms with Gasteiger partial charge < -0.3 is 15.7 Å². The summed E-state index contributed by atoms with van der Waals surface area (Å²) in [6.45, 7) is 10.5. The maximum Gasteiger partial charge on any atom is 0.326 e. The number of amides is 1. The number of nitrogens with zero attached hydrogens (tertiary/aromatic N) is 2. The lowest BCUT2D eigenvalue weighted by molar-refractivity contribution is -0.139. The highest BCUT2D eigenvalue weighted by Gasteiger charge is 2.22. The smallest absolute Gasteiger partial charge is 0.326 e. The van der Waals surface area contributed by atoms with E-state index in [4.69, 9.17) is 0 Å². The van der Waals surface area contributed by atoms with E-state index in [1.807, 2.05) is 60.7 Å². The van der Waals surface area contributed by atoms with Crippen LogP contribution in [0.1, 0.15) is 56.1 Å². The number of anilines is 1. The van der Waals surface area contributed by atoms with Crippen molar-refractivity contribution in [2.24, 2.45) is 0 Å². The fraction of sp³-hybridized carbons (Fsp3) is 0.273. The zero-order valence-electron chi connectivity index (χ0n) is 23.6. The van der Waals surface area contributed by atoms with Crippen LogP contribution in [0.25, 0.3) is 22.5 Å². The summed E-state index contributed by atoms with van der Waals surface area (Å²) < 4.78 is 0. The van der Waals surface area contributed by atoms with Crippen molar-refractivity contribution in [1.82, 2.24) is 15.3 Å². The first-order valence-electron chi connectivity index (χ1n) is 13.4. The Labute approximate surface area is 235 Å². The zero-order chi connectivity index (χ0) is 28.9. The third-order valence-corrected chi connectivity index (χ3v) is 6.59. The Morgan fingerprint density at radius 2 is 1.38 bits per heavy atom. The highest BCUT2D eigenvalue weighted by molar-refractivity contribution is 5.96. The third-order valence-electron chi connectivity index (χ3n) is 6.59. The largest absolute Gasteiger partial charge is 0.480 e. The average molecular weight is 537 g/mol. The Morgan fingerprint density at radius 1 is 0.800 bits per heavy atom. The second-order valence-electron chi connectivity index (χ2n) is 11.3. The van der Waals surface area contributed by atoms with E-state index in [1.165, 1.54) is 0 Å². The third kappa shape index (κ3) is 7.32. The van der Waals surface area contributed by atoms with E-state index in [2.05, 4.69) is 55.2 Å². The summed E-state index contributed by atoms with van der Waals surface area (Å²) in [4.78, 5) is 33.7. The molecule has 0 radical (unpaired) electrons. The van der Waals surface area contributed by atoms with Crippen molar-refractivity contribution >= 4 is 17.6 Å². The number of rotatable bonds is 9. The number of hydrogen-bond acceptors (Lipinski definition) is 5. The van der Waals surface area contributed by atoms with Crippen LogP contribution in [0, 0.1) is 0 Å². The minimum atomic E-state index is -1.09. The van der Waals surface area contributed by atoms with E-state index in [-0.39, 0.29) is 11.8 Å². The molecular formula is C33H36N4O3. The van der Waals surface area contributed by atoms with Crippen molar-refractivity contribution in [3.63, 3.8) is 0 Å². The van der Waals surface area contributed by atoms with E-state index in [0.717, 1.165) is 33.5 Å². The van der Waals surface area contributed by atoms with E-state index in [1.54, 1.807) is 24.5 Å². The van der Waals surface area contributed by atoms with Crippen LogP contribution in [-0.2, 0) is 16.6 Å². The summed E-state index contributed by atoms with van der Waals surface area (Å²) in [6, 6.07) is 22.1. The number of aliphatic carboxylic acids is 1. The number of nitrogens with one attached hydrogen (secondary N) is 2. The monoisotopic (exact) mass is 536 g/mol. The first-order valence-corrected chi connectivity index (χ1v) is 13.4. The maximum atomic E-state index is 12.7. The first kappa shape index (κ1) is 28.5. The highest BCUT2D eigenvalue weighted by Crippen LogP contribution is 2.24. The van der Waals surface area contributed by atoms with Crippen LogP contribution < -0.4 is 10.6 Å². The summed E-state index contributed by atoms with van der Waals surface area (Å²) >= 11 is 0. The first-order chi connectivity index (χ1) is 19.0. The van der Waals surface area contributed by atoms with Crippen molar-refractivity contribution in [2.75, 3.05) is 5.32 Å². The van der Waals surface area contributed by atoms with Gasteiger partial charge in [0.1, 0.15) is 6.04 Å². The molecule has 3 N–H and O–H groups in total. The summed E-state index contributed by atoms with van der Waals surface area (Å²) in [5.74, 6) is -0.922. The van der Waals surface area contributed by atoms with Gasteiger partial charge in [0.2, 0.25) is 0 Å². The molecule has 1 unspecified atom stereocenters. The van der Waals surface area contributed by atoms with E-state index < -0.39 is 17.9 Å². The van der Waals surface area contributed by atoms with Crippen LogP contribution in [-0.4, -0.2) is 39.0 Å². The SMILES string of the molecule is CC(C)Nc1ccc(-c2cnc(-c3ccc(CC(NC(=O)c4ccc(C(C)(C)C)cc4)C(=O)O)cc3)nc2)cc1. The van der Waals surface area contributed by atoms with Gasteiger partial charge in [-0.05, 0) is 60.2 Å². The molecule has 1 amide bonds. The molecule has 0 saturated carbocycles. The molecule has 1 atom stereocenters. The Morgan fingerprint density at radius 3 is 1.90 bits per heavy atom. The molecule has 206 valence electrons. The fourth-order valence-corrected chi connectivity index (χ4v) is 4.31. The molecule has 0 saturated heterocycles. The topological polar surface area (TPSA) is 104 Å². The number of carbonyl (C=O) groups is 2. The van der Waals surface area contributed by atoms with Crippen molar-refractivity contribution in [3.05, 3.63) is 102 Å². The molecule has 1 aromatic heterocycles. The molecule has 7 heteroatoms. The molecular weight excluding hydrogens is 500 g/mol. The van der Waals surface area contributed by atoms with Gasteiger partial charge in [0.15, 0.2) is 5.82 Å². The molecule has 0 aliphatic heterocycles. The quantitative estimate of drug-likeness (QED) is 0.230. The normalized spacial score (nSPS) is 12.2. The van der Waals surface area contributed by atoms with Crippen LogP contribution in [0.2, 0.25) is 0 Å². The minimum Gasteiger partial charge on any atom is -0.480 e. The van der Waals surface area contributed by atoms with Crippen molar-refractivity contribution in [2.45, 2.75) is 58.5 Å². The number of hydrogen-bond donors (Lipinski definition) is 3. The summed E-state index contributed by atoms with van der Waals surface area (Å²) in [5, 5.41) is 15.8. The van der Waals surface area contributed by atoms with Crippen molar-refractivity contribution in [1.29, 1.82) is 0 Å². The minimum absolute atomic E-state index is 0.0326. The number of aromatic nitrogens is 2. The molecule has 4 rings (SSSR count). The second-order valence-corrected chi connectivity index (χ2v) is 11.3. The van der Waals surface area contributed by atoms with E-state index >= 15 is 0 Å². The summed E-state index contributed by atoms with van der Waals surface area (Å²) in [7, 11) is 0. The maximum absolute atomic E-state index is 12.7. The van der Waals surface area contributed by atoms with Crippen LogP contribution in [0.5, 0.6) is 0 Å². The Hall–Kier alpha value is -4.52. The van der Waals surface area contributed by atoms with Crippen LogP contribution in [0.3, 0.4) is 0 Å². The predicted molar refractivity (Wildman–Crippen MR) is 159 cm³/mol. The molecule has 0 aliphatic carbocycles. The van der Waals surface area contributed by atoms with Gasteiger partial charge in [0.25, 0.3) is 5.91 Å². The molecule has 0 aliphatic rings. The average Bonchev–Trinajstić information content (AvgIpc) is 2.93. The number of carboxylic acid groups (broad SMARTS) is 1. The Balaban J connectivity index is 1.40. The van der Waals surface area contributed by atoms with Gasteiger partial charge in [0.05, 0.1) is 0 Å². The van der Waals surface area contributed by atoms with Gasteiger partial charge in [0, 0.05) is 47.2 Å². The molecule has 1 heterocycles. The summed E-state index contributed by atoms with van der Waals surface area (Å²) in [5.41, 5.74) is 6.12. The van der Waals surface area contributed by atoms with Gasteiger partial charge in [-0.1, -0.05) is 69.3 Å². The van der Waals surface area contributed by atoms with Gasteiger partial charge in [-0.25, -0.2) is 14.8 Å². The lowest BCUT2D eigenvalue weighted by Crippen LogP contribution is -2.42. The molecule has 0 spiro atoms. The standard InChI is InChI=1S/C33H36N4O3/c1-21(2)36-28-16-12-23(13-17-28)26-19-34-30(35-20-26)24-8-6-22(7-9-24)18-29(32(39)40)37-31(38)25-10-14-27(15-11-25)33(3,4)5/h6-17,19-21,29,36H,18H2,1-5H3,(H,37,38)(H,39,40). The number of benzene rings is 3. The van der Waals surface area contributed by atoms with E-state index in [0.29, 0.717) is 17.4 Å². The van der Waals surface area contributed by atoms with Gasteiger partial charge in [-0.15, -0.1) is 0 Å². The predicted octanol–water partition coefficient (Wildman–Crippen LogP) is 6.35. The molecule has 4 aromatic rings. The van der Waals surface area contributed by atoms with Crippen LogP contribution >= 0.6 is 0 Å².